The highest BCUT2D eigenvalue weighted by Crippen LogP contribution is 2.71. The van der Waals surface area contributed by atoms with Gasteiger partial charge in [0.05, 0.1) is 0 Å². The normalized spacial score (nSPS) is 60.5. The number of carbonyl (C=O) groups excluding carboxylic acids is 2. The third kappa shape index (κ3) is 0.709. The molecule has 88 valence electrons. The maximum Gasteiger partial charge on any atom is 0.322 e. The Kier molecular flexibility index (Phi) is 1.17. The predicted molar refractivity (Wildman–Crippen MR) is 58.7 cm³/mol. The second-order valence-electron chi connectivity index (χ2n) is 6.38. The van der Waals surface area contributed by atoms with E-state index in [0.29, 0.717) is 29.6 Å². The summed E-state index contributed by atoms with van der Waals surface area (Å²) >= 11 is 0. The van der Waals surface area contributed by atoms with Crippen molar-refractivity contribution >= 4 is 11.9 Å². The van der Waals surface area contributed by atoms with Crippen LogP contribution in [0.25, 0.3) is 0 Å². The maximum atomic E-state index is 12.2. The average molecular weight is 230 g/mol. The van der Waals surface area contributed by atoms with Crippen LogP contribution in [0.2, 0.25) is 0 Å². The zero-order chi connectivity index (χ0) is 11.4. The van der Waals surface area contributed by atoms with Crippen molar-refractivity contribution in [2.75, 3.05) is 0 Å². The molecule has 3 amide bonds. The molecule has 2 bridgehead atoms. The summed E-state index contributed by atoms with van der Waals surface area (Å²) in [5.41, 5.74) is -0.564. The van der Waals surface area contributed by atoms with Gasteiger partial charge in [0.1, 0.15) is 5.54 Å². The van der Waals surface area contributed by atoms with Gasteiger partial charge in [-0.1, -0.05) is 12.2 Å². The molecule has 5 rings (SSSR count). The Balaban J connectivity index is 1.70. The van der Waals surface area contributed by atoms with Crippen LogP contribution in [0.1, 0.15) is 12.8 Å². The summed E-state index contributed by atoms with van der Waals surface area (Å²) in [6.07, 6.45) is 6.82. The SMILES string of the molecule is O=C1NC(=O)[C@@]2(C[C@@H]3[C@@H]4C=C[C@@H]5[C@@H]4C[C@@H]3[C@H]52)N1. The van der Waals surface area contributed by atoms with E-state index in [4.69, 9.17) is 0 Å². The second kappa shape index (κ2) is 2.28. The predicted octanol–water partition coefficient (Wildman–Crippen LogP) is 0.653. The van der Waals surface area contributed by atoms with Gasteiger partial charge in [0, 0.05) is 5.92 Å². The van der Waals surface area contributed by atoms with E-state index in [1.807, 2.05) is 0 Å². The molecule has 0 aromatic carbocycles. The fourth-order valence-electron chi connectivity index (χ4n) is 5.81. The summed E-state index contributed by atoms with van der Waals surface area (Å²) in [6, 6.07) is -0.292. The van der Waals surface area contributed by atoms with Crippen molar-refractivity contribution in [3.05, 3.63) is 12.2 Å². The number of hydrogen-bond acceptors (Lipinski definition) is 2. The van der Waals surface area contributed by atoms with E-state index in [0.717, 1.165) is 12.3 Å². The maximum absolute atomic E-state index is 12.2. The number of allylic oxidation sites excluding steroid dienone is 2. The van der Waals surface area contributed by atoms with Crippen LogP contribution < -0.4 is 10.6 Å². The van der Waals surface area contributed by atoms with E-state index in [2.05, 4.69) is 22.8 Å². The molecule has 7 atom stereocenters. The van der Waals surface area contributed by atoms with E-state index >= 15 is 0 Å². The van der Waals surface area contributed by atoms with Crippen molar-refractivity contribution in [2.45, 2.75) is 18.4 Å². The summed E-state index contributed by atoms with van der Waals surface area (Å²) in [5.74, 6) is 3.57. The van der Waals surface area contributed by atoms with Crippen molar-refractivity contribution in [2.24, 2.45) is 35.5 Å². The fraction of sp³-hybridized carbons (Fsp3) is 0.692. The molecule has 1 aliphatic heterocycles. The van der Waals surface area contributed by atoms with Crippen LogP contribution in [0.15, 0.2) is 12.2 Å². The first-order chi connectivity index (χ1) is 8.21. The molecule has 1 spiro atoms. The molecule has 17 heavy (non-hydrogen) atoms. The smallest absolute Gasteiger partial charge is 0.322 e. The number of rotatable bonds is 0. The number of fused-ring (bicyclic) bond motifs is 3. The molecule has 5 aliphatic rings. The largest absolute Gasteiger partial charge is 0.323 e. The summed E-state index contributed by atoms with van der Waals surface area (Å²) in [6.45, 7) is 0. The topological polar surface area (TPSA) is 58.2 Å². The number of carbonyl (C=O) groups is 2. The third-order valence-corrected chi connectivity index (χ3v) is 6.10. The monoisotopic (exact) mass is 230 g/mol. The quantitative estimate of drug-likeness (QED) is 0.474. The summed E-state index contributed by atoms with van der Waals surface area (Å²) in [7, 11) is 0. The Hall–Kier alpha value is -1.32. The van der Waals surface area contributed by atoms with Gasteiger partial charge in [0.15, 0.2) is 0 Å². The highest BCUT2D eigenvalue weighted by molar-refractivity contribution is 6.07. The van der Waals surface area contributed by atoms with E-state index in [1.54, 1.807) is 0 Å². The van der Waals surface area contributed by atoms with Crippen LogP contribution in [0.3, 0.4) is 0 Å². The molecular weight excluding hydrogens is 216 g/mol. The van der Waals surface area contributed by atoms with Crippen LogP contribution in [0.4, 0.5) is 4.79 Å². The van der Waals surface area contributed by atoms with Gasteiger partial charge < -0.3 is 5.32 Å². The highest BCUT2D eigenvalue weighted by Gasteiger charge is 2.73. The van der Waals surface area contributed by atoms with Crippen LogP contribution in [-0.4, -0.2) is 17.5 Å². The van der Waals surface area contributed by atoms with E-state index in [9.17, 15) is 9.59 Å². The van der Waals surface area contributed by atoms with Crippen molar-refractivity contribution < 1.29 is 9.59 Å². The second-order valence-corrected chi connectivity index (χ2v) is 6.38. The molecule has 1 heterocycles. The lowest BCUT2D eigenvalue weighted by Crippen LogP contribution is -2.52. The third-order valence-electron chi connectivity index (χ3n) is 6.10. The van der Waals surface area contributed by atoms with Crippen molar-refractivity contribution in [3.63, 3.8) is 0 Å². The Morgan fingerprint density at radius 3 is 2.71 bits per heavy atom. The number of imide groups is 1. The number of urea groups is 1. The molecule has 3 saturated carbocycles. The highest BCUT2D eigenvalue weighted by atomic mass is 16.2. The van der Waals surface area contributed by atoms with Gasteiger partial charge in [-0.2, -0.15) is 0 Å². The Bertz CT molecular complexity index is 500. The Morgan fingerprint density at radius 2 is 1.94 bits per heavy atom. The zero-order valence-corrected chi connectivity index (χ0v) is 9.35. The van der Waals surface area contributed by atoms with Gasteiger partial charge in [-0.15, -0.1) is 0 Å². The van der Waals surface area contributed by atoms with Gasteiger partial charge in [-0.25, -0.2) is 4.79 Å². The summed E-state index contributed by atoms with van der Waals surface area (Å²) < 4.78 is 0. The van der Waals surface area contributed by atoms with Gasteiger partial charge in [0.2, 0.25) is 0 Å². The zero-order valence-electron chi connectivity index (χ0n) is 9.35. The van der Waals surface area contributed by atoms with Crippen LogP contribution >= 0.6 is 0 Å². The molecule has 1 saturated heterocycles. The molecule has 0 unspecified atom stereocenters. The van der Waals surface area contributed by atoms with E-state index < -0.39 is 5.54 Å². The molecular formula is C13H14N2O2. The first kappa shape index (κ1) is 8.72. The molecule has 4 heteroatoms. The minimum atomic E-state index is -0.564. The molecule has 0 radical (unpaired) electrons. The van der Waals surface area contributed by atoms with Gasteiger partial charge in [-0.05, 0) is 42.4 Å². The lowest BCUT2D eigenvalue weighted by Gasteiger charge is -2.32. The summed E-state index contributed by atoms with van der Waals surface area (Å²) in [5, 5.41) is 5.41. The first-order valence-electron chi connectivity index (χ1n) is 6.53. The number of nitrogens with one attached hydrogen (secondary N) is 2. The molecule has 4 aliphatic carbocycles. The average Bonchev–Trinajstić information content (AvgIpc) is 2.90. The van der Waals surface area contributed by atoms with Gasteiger partial charge >= 0.3 is 6.03 Å². The van der Waals surface area contributed by atoms with Crippen LogP contribution in [-0.2, 0) is 4.79 Å². The first-order valence-corrected chi connectivity index (χ1v) is 6.53. The van der Waals surface area contributed by atoms with E-state index in [1.165, 1.54) is 6.42 Å². The molecule has 0 aromatic heterocycles. The van der Waals surface area contributed by atoms with Crippen molar-refractivity contribution in [1.29, 1.82) is 0 Å². The van der Waals surface area contributed by atoms with Crippen LogP contribution in [0, 0.1) is 35.5 Å². The summed E-state index contributed by atoms with van der Waals surface area (Å²) in [4.78, 5) is 23.6. The Labute approximate surface area is 98.8 Å². The molecule has 4 nitrogen and oxygen atoms in total. The number of hydrogen-bond donors (Lipinski definition) is 2. The van der Waals surface area contributed by atoms with E-state index in [-0.39, 0.29) is 11.9 Å². The minimum Gasteiger partial charge on any atom is -0.323 e. The molecule has 4 fully saturated rings. The van der Waals surface area contributed by atoms with Crippen LogP contribution in [0.5, 0.6) is 0 Å². The lowest BCUT2D eigenvalue weighted by atomic mass is 9.75. The Morgan fingerprint density at radius 1 is 1.12 bits per heavy atom. The molecule has 2 N–H and O–H groups in total. The minimum absolute atomic E-state index is 0.0680. The molecule has 0 aromatic rings. The van der Waals surface area contributed by atoms with Gasteiger partial charge in [0.25, 0.3) is 5.91 Å². The standard InChI is InChI=1S/C13H14N2O2/c16-11-13(15-12(17)14-11)4-9-5-1-2-6-7(5)3-8(9)10(6)13/h1-2,5-10H,3-4H2,(H2,14,15,16,17)/t5-,6-,7-,8+,9-,10+,13+/m1/s1. The lowest BCUT2D eigenvalue weighted by molar-refractivity contribution is -0.125. The fourth-order valence-corrected chi connectivity index (χ4v) is 5.81. The number of amides is 3. The van der Waals surface area contributed by atoms with Gasteiger partial charge in [-0.3, -0.25) is 10.1 Å². The van der Waals surface area contributed by atoms with Crippen molar-refractivity contribution in [3.8, 4) is 0 Å². The van der Waals surface area contributed by atoms with Crippen molar-refractivity contribution in [1.82, 2.24) is 10.6 Å².